The standard InChI is InChI=1S/C41H49F6N3O6S2/c1-3-9-31-39(56-27-24-32(57-25-27)41(45,46)47,16-8-21-50(31)34(51)33-29(40(42,43)44)11-6-20-48-33)35(52)49-22-18-38(55,19-23-49)28-10-4-5-12-30(28)58-26(2)13-17-37(36(53)54)14-7-15-37/h4-6,10,12,20,24-26,29,31,55H,3,7-9,11,13-19,21-23H2,1-2H3,(H,53,54)/t26-,29?,31-,39+/m1/s1. The minimum atomic E-state index is -4.78. The Balaban J connectivity index is 1.26. The molecule has 2 N–H and O–H groups in total. The number of hydrogen-bond acceptors (Lipinski definition) is 8. The zero-order valence-corrected chi connectivity index (χ0v) is 34.0. The lowest BCUT2D eigenvalue weighted by atomic mass is 9.66. The fourth-order valence-corrected chi connectivity index (χ4v) is 10.7. The fraction of sp³-hybridized carbons (Fsp3) is 0.610. The number of likely N-dealkylation sites (tertiary alicyclic amines) is 2. The smallest absolute Gasteiger partial charge is 0.425 e. The lowest BCUT2D eigenvalue weighted by Gasteiger charge is -2.51. The second-order valence-electron chi connectivity index (χ2n) is 16.0. The summed E-state index contributed by atoms with van der Waals surface area (Å²) in [4.78, 5) is 47.5. The van der Waals surface area contributed by atoms with E-state index in [2.05, 4.69) is 4.99 Å². The van der Waals surface area contributed by atoms with Gasteiger partial charge in [0.05, 0.1) is 17.1 Å². The Labute approximate surface area is 341 Å². The number of allylic oxidation sites excluding steroid dienone is 1. The number of thioether (sulfide) groups is 1. The average Bonchev–Trinajstić information content (AvgIpc) is 3.64. The van der Waals surface area contributed by atoms with Gasteiger partial charge in [-0.2, -0.15) is 26.3 Å². The number of piperidine rings is 2. The Morgan fingerprint density at radius 3 is 2.34 bits per heavy atom. The predicted octanol–water partition coefficient (Wildman–Crippen LogP) is 9.24. The molecule has 0 bridgehead atoms. The number of carboxylic acids is 1. The normalized spacial score (nSPS) is 25.1. The highest BCUT2D eigenvalue weighted by Gasteiger charge is 2.58. The second-order valence-corrected chi connectivity index (χ2v) is 18.4. The van der Waals surface area contributed by atoms with Crippen LogP contribution in [0, 0.1) is 11.3 Å². The number of ether oxygens (including phenoxy) is 1. The van der Waals surface area contributed by atoms with Crippen molar-refractivity contribution < 1.29 is 55.7 Å². The number of benzene rings is 1. The highest BCUT2D eigenvalue weighted by Crippen LogP contribution is 2.48. The van der Waals surface area contributed by atoms with Crippen molar-refractivity contribution in [3.63, 3.8) is 0 Å². The monoisotopic (exact) mass is 857 g/mol. The van der Waals surface area contributed by atoms with Crippen molar-refractivity contribution in [1.82, 2.24) is 9.80 Å². The minimum Gasteiger partial charge on any atom is -0.481 e. The number of rotatable bonds is 13. The van der Waals surface area contributed by atoms with Gasteiger partial charge in [0.25, 0.3) is 11.8 Å². The lowest BCUT2D eigenvalue weighted by Crippen LogP contribution is -2.69. The van der Waals surface area contributed by atoms with Crippen LogP contribution in [0.15, 0.2) is 57.9 Å². The molecule has 4 aliphatic rings. The quantitative estimate of drug-likeness (QED) is 0.152. The molecule has 6 rings (SSSR count). The molecule has 2 aromatic rings. The van der Waals surface area contributed by atoms with Crippen LogP contribution in [0.2, 0.25) is 0 Å². The lowest BCUT2D eigenvalue weighted by molar-refractivity contribution is -0.169. The zero-order valence-electron chi connectivity index (χ0n) is 32.4. The van der Waals surface area contributed by atoms with Crippen molar-refractivity contribution in [2.75, 3.05) is 19.6 Å². The topological polar surface area (TPSA) is 120 Å². The summed E-state index contributed by atoms with van der Waals surface area (Å²) in [5, 5.41) is 23.1. The number of carboxylic acid groups (broad SMARTS) is 1. The van der Waals surface area contributed by atoms with E-state index in [0.29, 0.717) is 49.0 Å². The molecule has 1 aliphatic carbocycles. The van der Waals surface area contributed by atoms with Gasteiger partial charge in [0.15, 0.2) is 0 Å². The molecule has 1 saturated carbocycles. The second kappa shape index (κ2) is 17.2. The van der Waals surface area contributed by atoms with E-state index in [0.717, 1.165) is 29.0 Å². The van der Waals surface area contributed by atoms with E-state index in [1.807, 2.05) is 31.2 Å². The van der Waals surface area contributed by atoms with Crippen LogP contribution in [0.25, 0.3) is 0 Å². The summed E-state index contributed by atoms with van der Waals surface area (Å²) in [5.74, 6) is -4.80. The molecule has 0 spiro atoms. The van der Waals surface area contributed by atoms with Crippen LogP contribution >= 0.6 is 23.1 Å². The van der Waals surface area contributed by atoms with E-state index in [1.54, 1.807) is 18.7 Å². The Morgan fingerprint density at radius 1 is 1.03 bits per heavy atom. The first-order chi connectivity index (χ1) is 27.3. The maximum absolute atomic E-state index is 15.0. The number of thiophene rings is 1. The van der Waals surface area contributed by atoms with Crippen LogP contribution in [-0.2, 0) is 26.2 Å². The van der Waals surface area contributed by atoms with Gasteiger partial charge >= 0.3 is 18.3 Å². The van der Waals surface area contributed by atoms with Gasteiger partial charge in [-0.05, 0) is 69.4 Å². The maximum Gasteiger partial charge on any atom is 0.425 e. The number of carbonyl (C=O) groups is 3. The van der Waals surface area contributed by atoms with Gasteiger partial charge in [0.1, 0.15) is 22.3 Å². The van der Waals surface area contributed by atoms with Gasteiger partial charge in [-0.25, -0.2) is 0 Å². The minimum absolute atomic E-state index is 0.0173. The Hall–Kier alpha value is -3.57. The molecular weight excluding hydrogens is 809 g/mol. The number of aliphatic imine (C=N–C) groups is 1. The van der Waals surface area contributed by atoms with Crippen LogP contribution in [0.4, 0.5) is 26.3 Å². The summed E-state index contributed by atoms with van der Waals surface area (Å²) in [5.41, 5.74) is -4.05. The van der Waals surface area contributed by atoms with Crippen molar-refractivity contribution in [2.24, 2.45) is 16.3 Å². The first-order valence-corrected chi connectivity index (χ1v) is 21.6. The first-order valence-electron chi connectivity index (χ1n) is 19.8. The summed E-state index contributed by atoms with van der Waals surface area (Å²) < 4.78 is 90.1. The summed E-state index contributed by atoms with van der Waals surface area (Å²) in [6.07, 6.45) is -3.39. The SMILES string of the molecule is CCC[C@H]1N(C(=O)C2=NC=CCC2C(F)(F)F)CCC[C@@]1(Oc1csc(C(F)(F)F)c1)C(=O)N1CCC(O)(c2ccccc2S[C@H](C)CCC2(C(=O)O)CCC2)CC1. The molecule has 17 heteroatoms. The van der Waals surface area contributed by atoms with Crippen LogP contribution in [0.1, 0.15) is 101 Å². The van der Waals surface area contributed by atoms with Gasteiger partial charge in [-0.3, -0.25) is 19.4 Å². The van der Waals surface area contributed by atoms with Crippen LogP contribution in [-0.4, -0.2) is 86.2 Å². The molecule has 0 radical (unpaired) electrons. The van der Waals surface area contributed by atoms with Crippen LogP contribution in [0.3, 0.4) is 0 Å². The van der Waals surface area contributed by atoms with Gasteiger partial charge in [0.2, 0.25) is 5.60 Å². The molecule has 9 nitrogen and oxygen atoms in total. The van der Waals surface area contributed by atoms with Gasteiger partial charge < -0.3 is 24.7 Å². The molecule has 1 aromatic carbocycles. The third-order valence-electron chi connectivity index (χ3n) is 12.2. The maximum atomic E-state index is 15.0. The zero-order chi connectivity index (χ0) is 42.1. The molecular formula is C41H49F6N3O6S2. The summed E-state index contributed by atoms with van der Waals surface area (Å²) in [7, 11) is 0. The highest BCUT2D eigenvalue weighted by molar-refractivity contribution is 8.00. The number of aliphatic hydroxyl groups is 1. The molecule has 318 valence electrons. The highest BCUT2D eigenvalue weighted by atomic mass is 32.2. The third kappa shape index (κ3) is 8.96. The Kier molecular flexibility index (Phi) is 13.0. The molecule has 3 aliphatic heterocycles. The molecule has 3 fully saturated rings. The number of hydrogen-bond donors (Lipinski definition) is 2. The molecule has 4 heterocycles. The number of nitrogens with zero attached hydrogens (tertiary/aromatic N) is 3. The van der Waals surface area contributed by atoms with Gasteiger partial charge in [-0.1, -0.05) is 51.0 Å². The number of carbonyl (C=O) groups excluding carboxylic acids is 2. The van der Waals surface area contributed by atoms with Crippen LogP contribution in [0.5, 0.6) is 5.75 Å². The molecule has 4 atom stereocenters. The van der Waals surface area contributed by atoms with Crippen molar-refractivity contribution in [1.29, 1.82) is 0 Å². The molecule has 1 aromatic heterocycles. The molecule has 1 unspecified atom stereocenters. The largest absolute Gasteiger partial charge is 0.481 e. The Bertz CT molecular complexity index is 1890. The number of aliphatic carboxylic acids is 1. The fourth-order valence-electron chi connectivity index (χ4n) is 8.81. The van der Waals surface area contributed by atoms with E-state index in [4.69, 9.17) is 4.74 Å². The van der Waals surface area contributed by atoms with Crippen molar-refractivity contribution >= 4 is 46.6 Å². The van der Waals surface area contributed by atoms with Crippen molar-refractivity contribution in [2.45, 2.75) is 131 Å². The van der Waals surface area contributed by atoms with Crippen LogP contribution < -0.4 is 4.74 Å². The third-order valence-corrected chi connectivity index (χ3v) is 14.4. The van der Waals surface area contributed by atoms with E-state index in [9.17, 15) is 46.1 Å². The number of alkyl halides is 6. The molecule has 2 amide bonds. The summed E-state index contributed by atoms with van der Waals surface area (Å²) >= 11 is 1.93. The summed E-state index contributed by atoms with van der Waals surface area (Å²) in [6, 6.07) is 7.04. The van der Waals surface area contributed by atoms with Crippen molar-refractivity contribution in [3.8, 4) is 5.75 Å². The molecule has 58 heavy (non-hydrogen) atoms. The van der Waals surface area contributed by atoms with Crippen molar-refractivity contribution in [3.05, 3.63) is 58.4 Å². The predicted molar refractivity (Wildman–Crippen MR) is 208 cm³/mol. The first kappa shape index (κ1) is 44.0. The van der Waals surface area contributed by atoms with Gasteiger partial charge in [0, 0.05) is 53.8 Å². The van der Waals surface area contributed by atoms with E-state index in [-0.39, 0.29) is 62.7 Å². The number of halogens is 6. The van der Waals surface area contributed by atoms with Gasteiger partial charge in [-0.15, -0.1) is 23.1 Å². The van der Waals surface area contributed by atoms with E-state index in [1.165, 1.54) is 15.9 Å². The Morgan fingerprint density at radius 2 is 1.74 bits per heavy atom. The van der Waals surface area contributed by atoms with E-state index < -0.39 is 75.7 Å². The average molecular weight is 858 g/mol. The number of amides is 2. The summed E-state index contributed by atoms with van der Waals surface area (Å²) in [6.45, 7) is 3.82. The molecule has 2 saturated heterocycles. The van der Waals surface area contributed by atoms with E-state index >= 15 is 4.79 Å².